The third kappa shape index (κ3) is 5.68. The molecule has 1 aromatic heterocycles. The van der Waals surface area contributed by atoms with Gasteiger partial charge in [0, 0.05) is 17.7 Å². The van der Waals surface area contributed by atoms with Crippen LogP contribution in [0.2, 0.25) is 0 Å². The van der Waals surface area contributed by atoms with E-state index in [0.29, 0.717) is 19.0 Å². The molecule has 0 radical (unpaired) electrons. The average Bonchev–Trinajstić information content (AvgIpc) is 3.27. The summed E-state index contributed by atoms with van der Waals surface area (Å²) in [5, 5.41) is 7.19. The Labute approximate surface area is 176 Å². The maximum absolute atomic E-state index is 12.5. The van der Waals surface area contributed by atoms with E-state index >= 15 is 0 Å². The summed E-state index contributed by atoms with van der Waals surface area (Å²) >= 11 is 1.72. The minimum atomic E-state index is 0.0104. The molecular formula is C24H29N2O2S+. The Morgan fingerprint density at radius 2 is 1.76 bits per heavy atom. The number of benzene rings is 2. The molecule has 3 rings (SSSR count). The minimum Gasteiger partial charge on any atom is -0.496 e. The molecule has 5 heteroatoms. The second-order valence-electron chi connectivity index (χ2n) is 7.34. The van der Waals surface area contributed by atoms with Crippen molar-refractivity contribution in [3.63, 3.8) is 0 Å². The quantitative estimate of drug-likeness (QED) is 0.564. The summed E-state index contributed by atoms with van der Waals surface area (Å²) in [6.07, 6.45) is 0. The second kappa shape index (κ2) is 10.2. The molecule has 0 spiro atoms. The van der Waals surface area contributed by atoms with Crippen LogP contribution in [-0.4, -0.2) is 19.6 Å². The normalized spacial score (nSPS) is 12.0. The lowest BCUT2D eigenvalue weighted by Gasteiger charge is -2.16. The molecule has 0 unspecified atom stereocenters. The van der Waals surface area contributed by atoms with Gasteiger partial charge < -0.3 is 15.4 Å². The summed E-state index contributed by atoms with van der Waals surface area (Å²) in [5.41, 5.74) is 3.52. The highest BCUT2D eigenvalue weighted by Gasteiger charge is 2.20. The van der Waals surface area contributed by atoms with Gasteiger partial charge in [0.05, 0.1) is 12.0 Å². The first kappa shape index (κ1) is 21.1. The smallest absolute Gasteiger partial charge is 0.275 e. The third-order valence-electron chi connectivity index (χ3n) is 5.02. The van der Waals surface area contributed by atoms with Crippen LogP contribution in [0.15, 0.2) is 66.0 Å². The lowest BCUT2D eigenvalue weighted by Crippen LogP contribution is -2.87. The molecule has 1 amide bonds. The SMILES string of the molecule is COc1ccccc1CNC(=O)C[NH2+][C@@H](c1ccc(C(C)C)cc1)c1cccs1. The number of ether oxygens (including phenoxy) is 1. The van der Waals surface area contributed by atoms with Crippen molar-refractivity contribution in [1.82, 2.24) is 5.32 Å². The fourth-order valence-electron chi connectivity index (χ4n) is 3.31. The van der Waals surface area contributed by atoms with Gasteiger partial charge in [-0.15, -0.1) is 11.3 Å². The second-order valence-corrected chi connectivity index (χ2v) is 8.32. The predicted molar refractivity (Wildman–Crippen MR) is 118 cm³/mol. The van der Waals surface area contributed by atoms with E-state index in [-0.39, 0.29) is 11.9 Å². The van der Waals surface area contributed by atoms with Crippen molar-refractivity contribution in [2.75, 3.05) is 13.7 Å². The summed E-state index contributed by atoms with van der Waals surface area (Å²) < 4.78 is 5.35. The van der Waals surface area contributed by atoms with Crippen LogP contribution in [0.4, 0.5) is 0 Å². The monoisotopic (exact) mass is 409 g/mol. The van der Waals surface area contributed by atoms with Crippen LogP contribution in [0.1, 0.15) is 47.4 Å². The van der Waals surface area contributed by atoms with E-state index in [2.05, 4.69) is 66.3 Å². The molecule has 3 aromatic rings. The maximum Gasteiger partial charge on any atom is 0.275 e. The van der Waals surface area contributed by atoms with Crippen molar-refractivity contribution in [3.8, 4) is 5.75 Å². The molecule has 152 valence electrons. The lowest BCUT2D eigenvalue weighted by atomic mass is 9.98. The first-order valence-electron chi connectivity index (χ1n) is 9.93. The van der Waals surface area contributed by atoms with E-state index in [9.17, 15) is 4.79 Å². The Morgan fingerprint density at radius 1 is 1.03 bits per heavy atom. The van der Waals surface area contributed by atoms with Crippen LogP contribution in [0.5, 0.6) is 5.75 Å². The van der Waals surface area contributed by atoms with E-state index in [4.69, 9.17) is 4.74 Å². The van der Waals surface area contributed by atoms with Gasteiger partial charge in [-0.3, -0.25) is 4.79 Å². The molecule has 1 heterocycles. The molecule has 0 bridgehead atoms. The number of methoxy groups -OCH3 is 1. The van der Waals surface area contributed by atoms with Crippen LogP contribution in [0.25, 0.3) is 0 Å². The van der Waals surface area contributed by atoms with E-state index in [1.54, 1.807) is 18.4 Å². The van der Waals surface area contributed by atoms with Gasteiger partial charge in [-0.05, 0) is 29.0 Å². The number of quaternary nitrogens is 1. The number of carbonyl (C=O) groups is 1. The average molecular weight is 410 g/mol. The standard InChI is InChI=1S/C24H28N2O2S/c1-17(2)18-10-12-19(13-11-18)24(22-9-6-14-29-22)26-16-23(27)25-15-20-7-4-5-8-21(20)28-3/h4-14,17,24,26H,15-16H2,1-3H3,(H,25,27)/p+1/t24-/m0/s1. The molecule has 0 aliphatic rings. The van der Waals surface area contributed by atoms with Crippen LogP contribution in [-0.2, 0) is 11.3 Å². The van der Waals surface area contributed by atoms with Crippen molar-refractivity contribution in [2.24, 2.45) is 0 Å². The van der Waals surface area contributed by atoms with Gasteiger partial charge in [0.2, 0.25) is 0 Å². The van der Waals surface area contributed by atoms with Gasteiger partial charge in [0.25, 0.3) is 5.91 Å². The Kier molecular flexibility index (Phi) is 7.44. The van der Waals surface area contributed by atoms with Gasteiger partial charge >= 0.3 is 0 Å². The zero-order chi connectivity index (χ0) is 20.6. The zero-order valence-electron chi connectivity index (χ0n) is 17.2. The number of rotatable bonds is 9. The first-order valence-corrected chi connectivity index (χ1v) is 10.8. The highest BCUT2D eigenvalue weighted by atomic mass is 32.1. The van der Waals surface area contributed by atoms with E-state index in [0.717, 1.165) is 11.3 Å². The number of nitrogens with one attached hydrogen (secondary N) is 1. The number of amides is 1. The van der Waals surface area contributed by atoms with Gasteiger partial charge in [-0.1, -0.05) is 62.4 Å². The van der Waals surface area contributed by atoms with Gasteiger partial charge in [0.15, 0.2) is 6.54 Å². The number of thiophene rings is 1. The first-order chi connectivity index (χ1) is 14.1. The van der Waals surface area contributed by atoms with E-state index in [1.165, 1.54) is 16.0 Å². The van der Waals surface area contributed by atoms with E-state index < -0.39 is 0 Å². The molecule has 2 aromatic carbocycles. The van der Waals surface area contributed by atoms with Gasteiger partial charge in [0.1, 0.15) is 11.8 Å². The number of nitrogens with two attached hydrogens (primary N) is 1. The molecule has 0 aliphatic carbocycles. The number of carbonyl (C=O) groups excluding carboxylic acids is 1. The zero-order valence-corrected chi connectivity index (χ0v) is 18.0. The van der Waals surface area contributed by atoms with Crippen LogP contribution in [0, 0.1) is 0 Å². The van der Waals surface area contributed by atoms with Gasteiger partial charge in [-0.2, -0.15) is 0 Å². The molecule has 29 heavy (non-hydrogen) atoms. The highest BCUT2D eigenvalue weighted by molar-refractivity contribution is 7.10. The molecule has 0 fully saturated rings. The Morgan fingerprint density at radius 3 is 2.41 bits per heavy atom. The van der Waals surface area contributed by atoms with Crippen molar-refractivity contribution < 1.29 is 14.8 Å². The fourth-order valence-corrected chi connectivity index (χ4v) is 4.16. The molecule has 1 atom stereocenters. The topological polar surface area (TPSA) is 54.9 Å². The highest BCUT2D eigenvalue weighted by Crippen LogP contribution is 2.24. The van der Waals surface area contributed by atoms with Crippen molar-refractivity contribution in [2.45, 2.75) is 32.4 Å². The minimum absolute atomic E-state index is 0.0104. The summed E-state index contributed by atoms with van der Waals surface area (Å²) in [6, 6.07) is 20.8. The molecule has 0 saturated heterocycles. The fraction of sp³-hybridized carbons (Fsp3) is 0.292. The molecule has 3 N–H and O–H groups in total. The predicted octanol–water partition coefficient (Wildman–Crippen LogP) is 3.85. The van der Waals surface area contributed by atoms with Crippen molar-refractivity contribution in [1.29, 1.82) is 0 Å². The molecule has 0 aliphatic heterocycles. The summed E-state index contributed by atoms with van der Waals surface area (Å²) in [4.78, 5) is 13.7. The summed E-state index contributed by atoms with van der Waals surface area (Å²) in [6.45, 7) is 5.22. The maximum atomic E-state index is 12.5. The lowest BCUT2D eigenvalue weighted by molar-refractivity contribution is -0.676. The van der Waals surface area contributed by atoms with E-state index in [1.807, 2.05) is 24.3 Å². The van der Waals surface area contributed by atoms with Crippen LogP contribution >= 0.6 is 11.3 Å². The Bertz CT molecular complexity index is 905. The van der Waals surface area contributed by atoms with Crippen molar-refractivity contribution in [3.05, 3.63) is 87.6 Å². The molecule has 0 saturated carbocycles. The van der Waals surface area contributed by atoms with Crippen LogP contribution < -0.4 is 15.4 Å². The Balaban J connectivity index is 1.63. The number of hydrogen-bond acceptors (Lipinski definition) is 3. The summed E-state index contributed by atoms with van der Waals surface area (Å²) in [7, 11) is 1.64. The van der Waals surface area contributed by atoms with Crippen LogP contribution in [0.3, 0.4) is 0 Å². The Hall–Kier alpha value is -2.63. The van der Waals surface area contributed by atoms with Crippen molar-refractivity contribution >= 4 is 17.2 Å². The number of hydrogen-bond donors (Lipinski definition) is 2. The number of para-hydroxylation sites is 1. The third-order valence-corrected chi connectivity index (χ3v) is 5.97. The largest absolute Gasteiger partial charge is 0.496 e. The molecular weight excluding hydrogens is 380 g/mol. The molecule has 4 nitrogen and oxygen atoms in total. The van der Waals surface area contributed by atoms with Gasteiger partial charge in [-0.25, -0.2) is 0 Å². The summed E-state index contributed by atoms with van der Waals surface area (Å²) in [5.74, 6) is 1.31.